The first-order valence-corrected chi connectivity index (χ1v) is 12.6. The number of benzene rings is 1. The minimum atomic E-state index is -0.647. The zero-order valence-electron chi connectivity index (χ0n) is 19.8. The number of hydrogen-bond acceptors (Lipinski definition) is 7. The minimum absolute atomic E-state index is 0.123. The van der Waals surface area contributed by atoms with Crippen LogP contribution in [-0.2, 0) is 40.4 Å². The maximum atomic E-state index is 12.9. The lowest BCUT2D eigenvalue weighted by molar-refractivity contribution is -0.136. The molecule has 3 aliphatic rings. The highest BCUT2D eigenvalue weighted by atomic mass is 32.1. The fraction of sp³-hybridized carbons (Fsp3) is 0.480. The van der Waals surface area contributed by atoms with Crippen molar-refractivity contribution < 1.29 is 23.9 Å². The standard InChI is InChI=1S/C25H28N4O5S/c1-14-19(10-25(2)7-8-25)35-21(27-14)13-34-24(33)26-11-15-3-4-16-12-29(23(32)17(16)9-15)18-5-6-20(30)28-22(18)31/h3-4,9,18H,5-8,10-13H2,1-2H3,(H,26,33)(H,28,30,31). The minimum Gasteiger partial charge on any atom is -0.442 e. The molecule has 4 amide bonds. The van der Waals surface area contributed by atoms with E-state index in [0.29, 0.717) is 23.9 Å². The molecule has 1 atom stereocenters. The van der Waals surface area contributed by atoms with Gasteiger partial charge in [0.15, 0.2) is 0 Å². The van der Waals surface area contributed by atoms with Crippen molar-refractivity contribution in [3.8, 4) is 0 Å². The molecule has 5 rings (SSSR count). The quantitative estimate of drug-likeness (QED) is 0.569. The first kappa shape index (κ1) is 23.5. The molecule has 1 aliphatic carbocycles. The number of thiazole rings is 1. The van der Waals surface area contributed by atoms with Crippen molar-refractivity contribution in [2.45, 2.75) is 71.7 Å². The number of fused-ring (bicyclic) bond motifs is 1. The zero-order valence-corrected chi connectivity index (χ0v) is 20.6. The van der Waals surface area contributed by atoms with Crippen LogP contribution >= 0.6 is 11.3 Å². The fourth-order valence-electron chi connectivity index (χ4n) is 4.56. The van der Waals surface area contributed by atoms with E-state index in [4.69, 9.17) is 4.74 Å². The van der Waals surface area contributed by atoms with E-state index in [9.17, 15) is 19.2 Å². The molecule has 2 N–H and O–H groups in total. The molecule has 0 bridgehead atoms. The molecule has 0 radical (unpaired) electrons. The Morgan fingerprint density at radius 2 is 2.11 bits per heavy atom. The highest BCUT2D eigenvalue weighted by Gasteiger charge is 2.39. The number of nitrogens with one attached hydrogen (secondary N) is 2. The van der Waals surface area contributed by atoms with Crippen LogP contribution in [0.3, 0.4) is 0 Å². The first-order chi connectivity index (χ1) is 16.7. The topological polar surface area (TPSA) is 118 Å². The lowest BCUT2D eigenvalue weighted by Crippen LogP contribution is -2.52. The summed E-state index contributed by atoms with van der Waals surface area (Å²) in [7, 11) is 0. The fourth-order valence-corrected chi connectivity index (χ4v) is 5.75. The van der Waals surface area contributed by atoms with Gasteiger partial charge in [-0.15, -0.1) is 11.3 Å². The van der Waals surface area contributed by atoms with Gasteiger partial charge in [-0.3, -0.25) is 19.7 Å². The van der Waals surface area contributed by atoms with Gasteiger partial charge >= 0.3 is 6.09 Å². The number of piperidine rings is 1. The molecule has 1 saturated carbocycles. The summed E-state index contributed by atoms with van der Waals surface area (Å²) in [5.41, 5.74) is 3.50. The summed E-state index contributed by atoms with van der Waals surface area (Å²) in [5, 5.41) is 5.81. The number of rotatable bonds is 7. The molecule has 1 unspecified atom stereocenters. The van der Waals surface area contributed by atoms with Gasteiger partial charge in [0.25, 0.3) is 5.91 Å². The van der Waals surface area contributed by atoms with Crippen LogP contribution in [-0.4, -0.2) is 39.7 Å². The molecule has 2 aromatic rings. The van der Waals surface area contributed by atoms with E-state index in [1.807, 2.05) is 19.1 Å². The molecule has 2 aliphatic heterocycles. The Labute approximate surface area is 207 Å². The molecule has 1 aromatic carbocycles. The monoisotopic (exact) mass is 496 g/mol. The van der Waals surface area contributed by atoms with E-state index in [1.165, 1.54) is 22.6 Å². The average molecular weight is 497 g/mol. The zero-order chi connectivity index (χ0) is 24.7. The predicted octanol–water partition coefficient (Wildman–Crippen LogP) is 2.98. The van der Waals surface area contributed by atoms with E-state index in [1.54, 1.807) is 17.4 Å². The third kappa shape index (κ3) is 5.07. The Hall–Kier alpha value is -3.27. The lowest BCUT2D eigenvalue weighted by Gasteiger charge is -2.29. The average Bonchev–Trinajstić information content (AvgIpc) is 3.32. The van der Waals surface area contributed by atoms with Gasteiger partial charge in [-0.1, -0.05) is 19.1 Å². The molecule has 1 saturated heterocycles. The third-order valence-electron chi connectivity index (χ3n) is 6.98. The number of aromatic nitrogens is 1. The summed E-state index contributed by atoms with van der Waals surface area (Å²) in [6.07, 6.45) is 3.52. The van der Waals surface area contributed by atoms with Gasteiger partial charge in [0.2, 0.25) is 11.8 Å². The van der Waals surface area contributed by atoms with E-state index in [2.05, 4.69) is 22.5 Å². The van der Waals surface area contributed by atoms with E-state index in [0.717, 1.165) is 28.2 Å². The largest absolute Gasteiger partial charge is 0.442 e. The van der Waals surface area contributed by atoms with Gasteiger partial charge in [0.05, 0.1) is 5.69 Å². The van der Waals surface area contributed by atoms with Crippen molar-refractivity contribution in [3.63, 3.8) is 0 Å². The van der Waals surface area contributed by atoms with Crippen LogP contribution < -0.4 is 10.6 Å². The van der Waals surface area contributed by atoms with Gasteiger partial charge in [0.1, 0.15) is 17.7 Å². The van der Waals surface area contributed by atoms with Gasteiger partial charge < -0.3 is 15.0 Å². The molecule has 1 aromatic heterocycles. The molecule has 0 spiro atoms. The van der Waals surface area contributed by atoms with Crippen LogP contribution in [0.4, 0.5) is 4.79 Å². The number of imide groups is 1. The number of alkyl carbamates (subject to hydrolysis) is 1. The van der Waals surface area contributed by atoms with Gasteiger partial charge in [-0.25, -0.2) is 9.78 Å². The van der Waals surface area contributed by atoms with Crippen molar-refractivity contribution >= 4 is 35.2 Å². The van der Waals surface area contributed by atoms with Crippen molar-refractivity contribution in [2.75, 3.05) is 0 Å². The van der Waals surface area contributed by atoms with Crippen molar-refractivity contribution in [1.29, 1.82) is 0 Å². The van der Waals surface area contributed by atoms with Gasteiger partial charge in [-0.2, -0.15) is 0 Å². The number of amides is 4. The second kappa shape index (κ2) is 9.07. The number of ether oxygens (including phenoxy) is 1. The van der Waals surface area contributed by atoms with Crippen molar-refractivity contribution in [3.05, 3.63) is 50.5 Å². The molecule has 184 valence electrons. The Morgan fingerprint density at radius 1 is 1.31 bits per heavy atom. The lowest BCUT2D eigenvalue weighted by atomic mass is 10.0. The number of carbonyl (C=O) groups excluding carboxylic acids is 4. The Balaban J connectivity index is 1.13. The van der Waals surface area contributed by atoms with E-state index < -0.39 is 18.0 Å². The van der Waals surface area contributed by atoms with Gasteiger partial charge in [-0.05, 0) is 55.2 Å². The maximum absolute atomic E-state index is 12.9. The summed E-state index contributed by atoms with van der Waals surface area (Å²) in [4.78, 5) is 56.1. The van der Waals surface area contributed by atoms with Crippen LogP contribution in [0.1, 0.15) is 69.7 Å². The smallest absolute Gasteiger partial charge is 0.407 e. The number of carbonyl (C=O) groups is 4. The Bertz CT molecular complexity index is 1220. The second-order valence-corrected chi connectivity index (χ2v) is 11.1. The third-order valence-corrected chi connectivity index (χ3v) is 8.11. The molecule has 35 heavy (non-hydrogen) atoms. The molecular weight excluding hydrogens is 468 g/mol. The predicted molar refractivity (Wildman–Crippen MR) is 127 cm³/mol. The normalized spacial score (nSPS) is 20.5. The highest BCUT2D eigenvalue weighted by Crippen LogP contribution is 2.48. The second-order valence-electron chi connectivity index (χ2n) is 9.92. The molecule has 2 fully saturated rings. The van der Waals surface area contributed by atoms with Crippen molar-refractivity contribution in [2.24, 2.45) is 5.41 Å². The van der Waals surface area contributed by atoms with Crippen LogP contribution in [0, 0.1) is 12.3 Å². The SMILES string of the molecule is Cc1nc(COC(=O)NCc2ccc3c(c2)C(=O)N(C2CCC(=O)NC2=O)C3)sc1CC1(C)CC1. The highest BCUT2D eigenvalue weighted by molar-refractivity contribution is 7.11. The summed E-state index contributed by atoms with van der Waals surface area (Å²) < 4.78 is 5.35. The summed E-state index contributed by atoms with van der Waals surface area (Å²) in [6, 6.07) is 4.77. The molecule has 10 heteroatoms. The summed E-state index contributed by atoms with van der Waals surface area (Å²) in [6.45, 7) is 4.94. The van der Waals surface area contributed by atoms with E-state index in [-0.39, 0.29) is 31.4 Å². The number of hydrogen-bond donors (Lipinski definition) is 2. The first-order valence-electron chi connectivity index (χ1n) is 11.8. The van der Waals surface area contributed by atoms with Gasteiger partial charge in [0, 0.05) is 30.0 Å². The summed E-state index contributed by atoms with van der Waals surface area (Å²) >= 11 is 1.60. The maximum Gasteiger partial charge on any atom is 0.407 e. The number of nitrogens with zero attached hydrogens (tertiary/aromatic N) is 2. The van der Waals surface area contributed by atoms with Crippen LogP contribution in [0.25, 0.3) is 0 Å². The van der Waals surface area contributed by atoms with Crippen LogP contribution in [0.15, 0.2) is 18.2 Å². The Morgan fingerprint density at radius 3 is 2.86 bits per heavy atom. The van der Waals surface area contributed by atoms with Crippen LogP contribution in [0.2, 0.25) is 0 Å². The van der Waals surface area contributed by atoms with Crippen molar-refractivity contribution in [1.82, 2.24) is 20.5 Å². The molecule has 3 heterocycles. The van der Waals surface area contributed by atoms with E-state index >= 15 is 0 Å². The Kier molecular flexibility index (Phi) is 6.08. The summed E-state index contributed by atoms with van der Waals surface area (Å²) in [5.74, 6) is -0.987. The number of aryl methyl sites for hydroxylation is 1. The molecular formula is C25H28N4O5S. The molecule has 9 nitrogen and oxygen atoms in total. The van der Waals surface area contributed by atoms with Crippen LogP contribution in [0.5, 0.6) is 0 Å².